The van der Waals surface area contributed by atoms with Crippen LogP contribution in [0.2, 0.25) is 0 Å². The van der Waals surface area contributed by atoms with Gasteiger partial charge in [0.05, 0.1) is 6.42 Å². The lowest BCUT2D eigenvalue weighted by atomic mass is 9.99. The Morgan fingerprint density at radius 2 is 2.28 bits per heavy atom. The summed E-state index contributed by atoms with van der Waals surface area (Å²) < 4.78 is 5.12. The van der Waals surface area contributed by atoms with Gasteiger partial charge in [0.1, 0.15) is 6.10 Å². The van der Waals surface area contributed by atoms with Crippen molar-refractivity contribution in [3.05, 3.63) is 34.1 Å². The Hall–Kier alpha value is -1.24. The van der Waals surface area contributed by atoms with Gasteiger partial charge in [0.25, 0.3) is 0 Å². The number of rotatable bonds is 5. The highest BCUT2D eigenvalue weighted by atomic mass is 32.1. The Balaban J connectivity index is 2.06. The minimum absolute atomic E-state index is 0.152. The molecule has 98 valence electrons. The maximum Gasteiger partial charge on any atom is 0.231 e. The van der Waals surface area contributed by atoms with Crippen molar-refractivity contribution in [2.75, 3.05) is 0 Å². The summed E-state index contributed by atoms with van der Waals surface area (Å²) in [5.41, 5.74) is 6.99. The van der Waals surface area contributed by atoms with Crippen LogP contribution in [0.3, 0.4) is 0 Å². The number of hydrogen-bond acceptors (Lipinski definition) is 6. The van der Waals surface area contributed by atoms with E-state index < -0.39 is 12.1 Å². The minimum Gasteiger partial charge on any atom is -0.383 e. The van der Waals surface area contributed by atoms with Gasteiger partial charge in [0.2, 0.25) is 11.7 Å². The first-order valence-corrected chi connectivity index (χ1v) is 6.79. The van der Waals surface area contributed by atoms with Crippen molar-refractivity contribution in [2.24, 2.45) is 11.7 Å². The van der Waals surface area contributed by atoms with Crippen LogP contribution >= 0.6 is 11.3 Å². The van der Waals surface area contributed by atoms with Gasteiger partial charge in [-0.2, -0.15) is 16.3 Å². The summed E-state index contributed by atoms with van der Waals surface area (Å²) in [7, 11) is 0. The third-order valence-corrected chi connectivity index (χ3v) is 3.55. The molecule has 2 aromatic rings. The summed E-state index contributed by atoms with van der Waals surface area (Å²) in [5.74, 6) is 0.915. The van der Waals surface area contributed by atoms with Crippen molar-refractivity contribution in [3.63, 3.8) is 0 Å². The monoisotopic (exact) mass is 267 g/mol. The van der Waals surface area contributed by atoms with Crippen LogP contribution in [-0.2, 0) is 6.42 Å². The lowest BCUT2D eigenvalue weighted by Gasteiger charge is -2.18. The van der Waals surface area contributed by atoms with E-state index in [0.717, 1.165) is 5.56 Å². The molecule has 2 rings (SSSR count). The lowest BCUT2D eigenvalue weighted by molar-refractivity contribution is 0.114. The van der Waals surface area contributed by atoms with Crippen LogP contribution in [0.5, 0.6) is 0 Å². The van der Waals surface area contributed by atoms with Gasteiger partial charge in [-0.25, -0.2) is 0 Å². The van der Waals surface area contributed by atoms with Crippen molar-refractivity contribution in [1.29, 1.82) is 0 Å². The van der Waals surface area contributed by atoms with Crippen molar-refractivity contribution in [3.8, 4) is 0 Å². The fraction of sp³-hybridized carbons (Fsp3) is 0.500. The van der Waals surface area contributed by atoms with E-state index in [1.807, 2.05) is 30.7 Å². The number of nitrogens with zero attached hydrogens (tertiary/aromatic N) is 2. The zero-order valence-electron chi connectivity index (χ0n) is 10.4. The molecule has 0 saturated heterocycles. The molecular formula is C12H17N3O2S. The maximum absolute atomic E-state index is 9.99. The summed E-state index contributed by atoms with van der Waals surface area (Å²) in [5, 5.41) is 17.8. The van der Waals surface area contributed by atoms with Crippen LogP contribution in [0.4, 0.5) is 0 Å². The van der Waals surface area contributed by atoms with Crippen molar-refractivity contribution >= 4 is 11.3 Å². The number of thiophene rings is 1. The van der Waals surface area contributed by atoms with E-state index in [1.165, 1.54) is 0 Å². The summed E-state index contributed by atoms with van der Waals surface area (Å²) in [6, 6.07) is 1.61. The number of aromatic nitrogens is 2. The second kappa shape index (κ2) is 5.60. The molecule has 0 spiro atoms. The Morgan fingerprint density at radius 1 is 1.50 bits per heavy atom. The molecule has 2 aromatic heterocycles. The molecule has 3 N–H and O–H groups in total. The Kier molecular flexibility index (Phi) is 4.11. The smallest absolute Gasteiger partial charge is 0.231 e. The average molecular weight is 267 g/mol. The van der Waals surface area contributed by atoms with Gasteiger partial charge in [-0.1, -0.05) is 19.0 Å². The van der Waals surface area contributed by atoms with Crippen LogP contribution in [0.25, 0.3) is 0 Å². The molecule has 2 heterocycles. The molecule has 0 bridgehead atoms. The fourth-order valence-corrected chi connectivity index (χ4v) is 2.23. The number of hydrogen-bond donors (Lipinski definition) is 2. The van der Waals surface area contributed by atoms with Gasteiger partial charge in [-0.3, -0.25) is 0 Å². The maximum atomic E-state index is 9.99. The van der Waals surface area contributed by atoms with Crippen molar-refractivity contribution in [1.82, 2.24) is 10.1 Å². The van der Waals surface area contributed by atoms with E-state index >= 15 is 0 Å². The Labute approximate surface area is 110 Å². The van der Waals surface area contributed by atoms with E-state index in [9.17, 15) is 5.11 Å². The molecule has 5 nitrogen and oxygen atoms in total. The van der Waals surface area contributed by atoms with Crippen molar-refractivity contribution in [2.45, 2.75) is 32.4 Å². The first kappa shape index (κ1) is 13.2. The molecule has 0 aliphatic carbocycles. The van der Waals surface area contributed by atoms with E-state index in [1.54, 1.807) is 11.3 Å². The zero-order chi connectivity index (χ0) is 13.1. The highest BCUT2D eigenvalue weighted by molar-refractivity contribution is 7.07. The molecule has 1 unspecified atom stereocenters. The Morgan fingerprint density at radius 3 is 2.89 bits per heavy atom. The molecule has 0 aromatic carbocycles. The van der Waals surface area contributed by atoms with E-state index in [4.69, 9.17) is 10.3 Å². The van der Waals surface area contributed by atoms with Crippen LogP contribution < -0.4 is 5.73 Å². The van der Waals surface area contributed by atoms with Gasteiger partial charge in [0.15, 0.2) is 0 Å². The highest BCUT2D eigenvalue weighted by Crippen LogP contribution is 2.19. The molecule has 2 atom stereocenters. The second-order valence-corrected chi connectivity index (χ2v) is 5.40. The van der Waals surface area contributed by atoms with Crippen LogP contribution in [0.15, 0.2) is 21.3 Å². The first-order chi connectivity index (χ1) is 8.58. The number of aliphatic hydroxyl groups excluding tert-OH is 1. The molecule has 18 heavy (non-hydrogen) atoms. The molecule has 0 radical (unpaired) electrons. The van der Waals surface area contributed by atoms with Gasteiger partial charge in [-0.05, 0) is 28.3 Å². The van der Waals surface area contributed by atoms with Gasteiger partial charge < -0.3 is 15.4 Å². The number of aliphatic hydroxyl groups is 1. The number of nitrogens with two attached hydrogens (primary N) is 1. The van der Waals surface area contributed by atoms with Crippen molar-refractivity contribution < 1.29 is 9.63 Å². The average Bonchev–Trinajstić information content (AvgIpc) is 2.99. The van der Waals surface area contributed by atoms with E-state index in [0.29, 0.717) is 12.3 Å². The largest absolute Gasteiger partial charge is 0.383 e. The summed E-state index contributed by atoms with van der Waals surface area (Å²) >= 11 is 1.62. The quantitative estimate of drug-likeness (QED) is 0.862. The SMILES string of the molecule is CC(C)[C@H](N)C(O)c1noc(Cc2ccsc2)n1. The summed E-state index contributed by atoms with van der Waals surface area (Å²) in [6.07, 6.45) is -0.301. The fourth-order valence-electron chi connectivity index (χ4n) is 1.56. The molecule has 0 aliphatic rings. The van der Waals surface area contributed by atoms with Gasteiger partial charge in [-0.15, -0.1) is 0 Å². The molecule has 0 saturated carbocycles. The molecule has 0 fully saturated rings. The predicted molar refractivity (Wildman–Crippen MR) is 69.2 cm³/mol. The lowest BCUT2D eigenvalue weighted by Crippen LogP contribution is -2.34. The second-order valence-electron chi connectivity index (χ2n) is 4.62. The van der Waals surface area contributed by atoms with E-state index in [-0.39, 0.29) is 11.7 Å². The van der Waals surface area contributed by atoms with E-state index in [2.05, 4.69) is 10.1 Å². The molecule has 0 amide bonds. The minimum atomic E-state index is -0.884. The third kappa shape index (κ3) is 2.95. The van der Waals surface area contributed by atoms with Crippen LogP contribution in [0, 0.1) is 5.92 Å². The summed E-state index contributed by atoms with van der Waals surface area (Å²) in [6.45, 7) is 3.89. The Bertz CT molecular complexity index is 481. The molecular weight excluding hydrogens is 250 g/mol. The summed E-state index contributed by atoms with van der Waals surface area (Å²) in [4.78, 5) is 4.19. The first-order valence-electron chi connectivity index (χ1n) is 5.85. The predicted octanol–water partition coefficient (Wildman–Crippen LogP) is 1.74. The third-order valence-electron chi connectivity index (χ3n) is 2.82. The van der Waals surface area contributed by atoms with Crippen LogP contribution in [-0.4, -0.2) is 21.3 Å². The molecule has 0 aliphatic heterocycles. The zero-order valence-corrected chi connectivity index (χ0v) is 11.2. The highest BCUT2D eigenvalue weighted by Gasteiger charge is 2.24. The normalized spacial score (nSPS) is 14.9. The standard InChI is InChI=1S/C12H17N3O2S/c1-7(2)10(13)11(16)12-14-9(17-15-12)5-8-3-4-18-6-8/h3-4,6-7,10-11,16H,5,13H2,1-2H3/t10-,11?/m0/s1. The van der Waals surface area contributed by atoms with Gasteiger partial charge >= 0.3 is 0 Å². The topological polar surface area (TPSA) is 85.2 Å². The van der Waals surface area contributed by atoms with Gasteiger partial charge in [0, 0.05) is 6.04 Å². The molecule has 6 heteroatoms. The van der Waals surface area contributed by atoms with Crippen LogP contribution in [0.1, 0.15) is 37.2 Å².